The lowest BCUT2D eigenvalue weighted by atomic mass is 10.1. The van der Waals surface area contributed by atoms with Gasteiger partial charge in [0.15, 0.2) is 0 Å². The van der Waals surface area contributed by atoms with Gasteiger partial charge in [0.05, 0.1) is 6.54 Å². The minimum absolute atomic E-state index is 0.283. The van der Waals surface area contributed by atoms with Crippen LogP contribution in [0.2, 0.25) is 0 Å². The van der Waals surface area contributed by atoms with E-state index in [9.17, 15) is 4.39 Å². The van der Waals surface area contributed by atoms with E-state index in [0.717, 1.165) is 0 Å². The summed E-state index contributed by atoms with van der Waals surface area (Å²) in [5.74, 6) is 2.21. The Labute approximate surface area is 83.5 Å². The minimum atomic E-state index is -0.283. The molecule has 2 nitrogen and oxygen atoms in total. The minimum Gasteiger partial charge on any atom is -0.398 e. The monoisotopic (exact) mass is 192 g/mol. The Kier molecular flexibility index (Phi) is 3.49. The molecule has 1 aromatic carbocycles. The van der Waals surface area contributed by atoms with Gasteiger partial charge in [0, 0.05) is 17.8 Å². The first kappa shape index (κ1) is 10.6. The second-order valence-corrected chi connectivity index (χ2v) is 3.18. The van der Waals surface area contributed by atoms with E-state index in [0.29, 0.717) is 24.3 Å². The van der Waals surface area contributed by atoms with Crippen molar-refractivity contribution in [3.63, 3.8) is 0 Å². The standard InChI is InChI=1S/C11H13FN2/c1-3-7-14(2)8-9-10(12)5-4-6-11(9)13/h1,4-6H,7-8,13H2,2H3. The number of hydrogen-bond donors (Lipinski definition) is 1. The molecule has 0 saturated heterocycles. The fourth-order valence-electron chi connectivity index (χ4n) is 1.22. The fourth-order valence-corrected chi connectivity index (χ4v) is 1.22. The van der Waals surface area contributed by atoms with Gasteiger partial charge < -0.3 is 5.73 Å². The van der Waals surface area contributed by atoms with E-state index >= 15 is 0 Å². The smallest absolute Gasteiger partial charge is 0.129 e. The van der Waals surface area contributed by atoms with Crippen LogP contribution in [-0.2, 0) is 6.54 Å². The van der Waals surface area contributed by atoms with Crippen molar-refractivity contribution in [2.75, 3.05) is 19.3 Å². The van der Waals surface area contributed by atoms with Crippen LogP contribution in [0.5, 0.6) is 0 Å². The maximum atomic E-state index is 13.3. The van der Waals surface area contributed by atoms with Crippen molar-refractivity contribution in [1.82, 2.24) is 4.90 Å². The summed E-state index contributed by atoms with van der Waals surface area (Å²) in [5, 5.41) is 0. The maximum absolute atomic E-state index is 13.3. The number of hydrogen-bond acceptors (Lipinski definition) is 2. The van der Waals surface area contributed by atoms with Gasteiger partial charge in [-0.05, 0) is 19.2 Å². The predicted octanol–water partition coefficient (Wildman–Crippen LogP) is 1.47. The highest BCUT2D eigenvalue weighted by Gasteiger charge is 2.07. The van der Waals surface area contributed by atoms with Crippen LogP contribution >= 0.6 is 0 Å². The third-order valence-corrected chi connectivity index (χ3v) is 1.94. The van der Waals surface area contributed by atoms with Crippen molar-refractivity contribution < 1.29 is 4.39 Å². The largest absolute Gasteiger partial charge is 0.398 e. The van der Waals surface area contributed by atoms with Crippen LogP contribution in [0.15, 0.2) is 18.2 Å². The highest BCUT2D eigenvalue weighted by molar-refractivity contribution is 5.47. The number of nitrogens with zero attached hydrogens (tertiary/aromatic N) is 1. The van der Waals surface area contributed by atoms with Crippen LogP contribution in [0.25, 0.3) is 0 Å². The lowest BCUT2D eigenvalue weighted by Gasteiger charge is -2.15. The van der Waals surface area contributed by atoms with Crippen LogP contribution in [0.1, 0.15) is 5.56 Å². The number of anilines is 1. The summed E-state index contributed by atoms with van der Waals surface area (Å²) in [4.78, 5) is 1.83. The summed E-state index contributed by atoms with van der Waals surface area (Å²) in [6, 6.07) is 4.67. The zero-order valence-corrected chi connectivity index (χ0v) is 8.13. The first-order valence-electron chi connectivity index (χ1n) is 4.30. The molecule has 0 aromatic heterocycles. The summed E-state index contributed by atoms with van der Waals surface area (Å²) in [5.41, 5.74) is 6.62. The number of benzene rings is 1. The van der Waals surface area contributed by atoms with Gasteiger partial charge in [0.2, 0.25) is 0 Å². The molecule has 14 heavy (non-hydrogen) atoms. The molecule has 2 N–H and O–H groups in total. The Hall–Kier alpha value is -1.53. The molecule has 0 heterocycles. The zero-order valence-electron chi connectivity index (χ0n) is 8.13. The quantitative estimate of drug-likeness (QED) is 0.580. The lowest BCUT2D eigenvalue weighted by molar-refractivity contribution is 0.362. The predicted molar refractivity (Wildman–Crippen MR) is 56.0 cm³/mol. The Morgan fingerprint density at radius 3 is 2.86 bits per heavy atom. The summed E-state index contributed by atoms with van der Waals surface area (Å²) in [6.07, 6.45) is 5.14. The van der Waals surface area contributed by atoms with Crippen molar-refractivity contribution in [2.24, 2.45) is 0 Å². The molecule has 0 amide bonds. The van der Waals surface area contributed by atoms with Crippen LogP contribution < -0.4 is 5.73 Å². The van der Waals surface area contributed by atoms with Crippen LogP contribution in [0.3, 0.4) is 0 Å². The molecule has 0 radical (unpaired) electrons. The average molecular weight is 192 g/mol. The van der Waals surface area contributed by atoms with E-state index in [2.05, 4.69) is 5.92 Å². The molecular weight excluding hydrogens is 179 g/mol. The molecule has 0 saturated carbocycles. The molecule has 3 heteroatoms. The first-order chi connectivity index (χ1) is 6.65. The molecule has 0 aliphatic heterocycles. The van der Waals surface area contributed by atoms with Gasteiger partial charge in [0.1, 0.15) is 5.82 Å². The summed E-state index contributed by atoms with van der Waals surface area (Å²) >= 11 is 0. The summed E-state index contributed by atoms with van der Waals surface area (Å²) in [6.45, 7) is 0.913. The van der Waals surface area contributed by atoms with Gasteiger partial charge in [-0.25, -0.2) is 4.39 Å². The van der Waals surface area contributed by atoms with E-state index in [-0.39, 0.29) is 5.82 Å². The third kappa shape index (κ3) is 2.48. The Bertz CT molecular complexity index is 335. The van der Waals surface area contributed by atoms with Crippen LogP contribution in [0.4, 0.5) is 10.1 Å². The van der Waals surface area contributed by atoms with Gasteiger partial charge >= 0.3 is 0 Å². The van der Waals surface area contributed by atoms with Gasteiger partial charge in [-0.15, -0.1) is 6.42 Å². The average Bonchev–Trinajstić information content (AvgIpc) is 2.12. The molecule has 1 aromatic rings. The van der Waals surface area contributed by atoms with E-state index < -0.39 is 0 Å². The van der Waals surface area contributed by atoms with E-state index in [1.165, 1.54) is 6.07 Å². The Balaban J connectivity index is 2.81. The van der Waals surface area contributed by atoms with Crippen LogP contribution in [0, 0.1) is 18.2 Å². The first-order valence-corrected chi connectivity index (χ1v) is 4.30. The van der Waals surface area contributed by atoms with Crippen LogP contribution in [-0.4, -0.2) is 18.5 Å². The number of rotatable bonds is 3. The Morgan fingerprint density at radius 1 is 1.57 bits per heavy atom. The molecule has 0 unspecified atom stereocenters. The number of terminal acetylenes is 1. The highest BCUT2D eigenvalue weighted by atomic mass is 19.1. The van der Waals surface area contributed by atoms with Crippen molar-refractivity contribution in [1.29, 1.82) is 0 Å². The normalized spacial score (nSPS) is 10.1. The summed E-state index contributed by atoms with van der Waals surface area (Å²) in [7, 11) is 1.83. The van der Waals surface area contributed by atoms with Gasteiger partial charge in [-0.1, -0.05) is 12.0 Å². The van der Waals surface area contributed by atoms with Crippen molar-refractivity contribution in [3.05, 3.63) is 29.6 Å². The SMILES string of the molecule is C#CCN(C)Cc1c(N)cccc1F. The molecule has 0 fully saturated rings. The van der Waals surface area contributed by atoms with E-state index in [1.54, 1.807) is 12.1 Å². The molecule has 0 atom stereocenters. The Morgan fingerprint density at radius 2 is 2.29 bits per heavy atom. The fraction of sp³-hybridized carbons (Fsp3) is 0.273. The summed E-state index contributed by atoms with van der Waals surface area (Å²) < 4.78 is 13.3. The second kappa shape index (κ2) is 4.64. The number of nitrogen functional groups attached to an aromatic ring is 1. The molecule has 0 aliphatic rings. The second-order valence-electron chi connectivity index (χ2n) is 3.18. The van der Waals surface area contributed by atoms with Gasteiger partial charge in [-0.3, -0.25) is 4.90 Å². The van der Waals surface area contributed by atoms with Gasteiger partial charge in [-0.2, -0.15) is 0 Å². The zero-order chi connectivity index (χ0) is 10.6. The maximum Gasteiger partial charge on any atom is 0.129 e. The molecule has 74 valence electrons. The molecule has 0 aliphatic carbocycles. The van der Waals surface area contributed by atoms with E-state index in [1.807, 2.05) is 11.9 Å². The molecule has 1 rings (SSSR count). The highest BCUT2D eigenvalue weighted by Crippen LogP contribution is 2.16. The topological polar surface area (TPSA) is 29.3 Å². The number of nitrogens with two attached hydrogens (primary N) is 1. The molecule has 0 spiro atoms. The van der Waals surface area contributed by atoms with Crippen molar-refractivity contribution >= 4 is 5.69 Å². The van der Waals surface area contributed by atoms with Crippen molar-refractivity contribution in [3.8, 4) is 12.3 Å². The third-order valence-electron chi connectivity index (χ3n) is 1.94. The van der Waals surface area contributed by atoms with Gasteiger partial charge in [0.25, 0.3) is 0 Å². The lowest BCUT2D eigenvalue weighted by Crippen LogP contribution is -2.19. The molecular formula is C11H13FN2. The van der Waals surface area contributed by atoms with Crippen molar-refractivity contribution in [2.45, 2.75) is 6.54 Å². The van der Waals surface area contributed by atoms with E-state index in [4.69, 9.17) is 12.2 Å². The number of halogens is 1. The molecule has 0 bridgehead atoms.